The van der Waals surface area contributed by atoms with Gasteiger partial charge in [0.15, 0.2) is 5.75 Å². The van der Waals surface area contributed by atoms with Gasteiger partial charge in [-0.2, -0.15) is 8.78 Å². The minimum absolute atomic E-state index is 0.0420. The van der Waals surface area contributed by atoms with Crippen LogP contribution in [0.3, 0.4) is 0 Å². The normalized spacial score (nSPS) is 10.6. The molecule has 1 aromatic rings. The number of nitrogens with zero attached hydrogens (tertiary/aromatic N) is 1. The minimum atomic E-state index is -3.01. The molecule has 0 saturated carbocycles. The quantitative estimate of drug-likeness (QED) is 0.566. The number of hydrogen-bond acceptors (Lipinski definition) is 5. The number of likely N-dealkylation sites (N-methyl/N-ethyl adjacent to an activating group) is 1. The van der Waals surface area contributed by atoms with Gasteiger partial charge in [0.1, 0.15) is 12.4 Å². The van der Waals surface area contributed by atoms with Crippen LogP contribution in [-0.2, 0) is 4.79 Å². The number of ether oxygens (including phenoxy) is 2. The highest BCUT2D eigenvalue weighted by molar-refractivity contribution is 6.00. The first kappa shape index (κ1) is 17.7. The summed E-state index contributed by atoms with van der Waals surface area (Å²) in [5.41, 5.74) is 5.84. The summed E-state index contributed by atoms with van der Waals surface area (Å²) >= 11 is 0. The van der Waals surface area contributed by atoms with Gasteiger partial charge in [-0.25, -0.2) is 0 Å². The molecule has 0 spiro atoms. The van der Waals surface area contributed by atoms with Crippen LogP contribution in [-0.4, -0.2) is 44.7 Å². The molecule has 1 rings (SSSR count). The number of hydrogen-bond donors (Lipinski definition) is 2. The molecular weight excluding hydrogens is 296 g/mol. The Morgan fingerprint density at radius 1 is 1.45 bits per heavy atom. The fraction of sp³-hybridized carbons (Fsp3) is 0.357. The van der Waals surface area contributed by atoms with E-state index in [2.05, 4.69) is 16.6 Å². The summed E-state index contributed by atoms with van der Waals surface area (Å²) < 4.78 is 34.5. The first-order valence-corrected chi connectivity index (χ1v) is 6.42. The van der Waals surface area contributed by atoms with Gasteiger partial charge < -0.3 is 25.4 Å². The third kappa shape index (κ3) is 5.57. The van der Waals surface area contributed by atoms with E-state index in [1.54, 1.807) is 0 Å². The van der Waals surface area contributed by atoms with Crippen molar-refractivity contribution < 1.29 is 23.0 Å². The first-order valence-electron chi connectivity index (χ1n) is 6.42. The van der Waals surface area contributed by atoms with Gasteiger partial charge in [-0.15, -0.1) is 0 Å². The monoisotopic (exact) mass is 315 g/mol. The van der Waals surface area contributed by atoms with Gasteiger partial charge in [0.25, 0.3) is 0 Å². The Hall–Kier alpha value is -2.35. The molecule has 0 atom stereocenters. The molecule has 0 aliphatic carbocycles. The Bertz CT molecular complexity index is 536. The Morgan fingerprint density at radius 2 is 2.14 bits per heavy atom. The van der Waals surface area contributed by atoms with E-state index in [0.717, 1.165) is 6.08 Å². The predicted molar refractivity (Wildman–Crippen MR) is 80.4 cm³/mol. The summed E-state index contributed by atoms with van der Waals surface area (Å²) in [6.07, 6.45) is 1.07. The maximum atomic E-state index is 12.3. The molecule has 0 aliphatic rings. The molecule has 1 amide bonds. The van der Waals surface area contributed by atoms with Gasteiger partial charge in [-0.05, 0) is 26.2 Å². The van der Waals surface area contributed by atoms with Crippen LogP contribution in [0.25, 0.3) is 0 Å². The van der Waals surface area contributed by atoms with Crippen LogP contribution in [0.5, 0.6) is 11.5 Å². The fourth-order valence-corrected chi connectivity index (χ4v) is 1.51. The number of nitrogens with one attached hydrogen (secondary N) is 1. The first-order chi connectivity index (χ1) is 10.3. The van der Waals surface area contributed by atoms with E-state index >= 15 is 0 Å². The number of carbonyl (C=O) groups is 1. The fourth-order valence-electron chi connectivity index (χ4n) is 1.51. The Labute approximate surface area is 127 Å². The third-order valence-corrected chi connectivity index (χ3v) is 2.57. The number of nitrogens with two attached hydrogens (primary N) is 1. The summed E-state index contributed by atoms with van der Waals surface area (Å²) in [5, 5.41) is 2.50. The zero-order valence-electron chi connectivity index (χ0n) is 12.4. The molecule has 1 aromatic carbocycles. The van der Waals surface area contributed by atoms with Crippen LogP contribution in [0.2, 0.25) is 0 Å². The van der Waals surface area contributed by atoms with Gasteiger partial charge in [-0.1, -0.05) is 6.58 Å². The van der Waals surface area contributed by atoms with Crippen molar-refractivity contribution >= 4 is 17.3 Å². The SMILES string of the molecule is C=CC(=O)Nc1cc(N)c(OC(F)F)cc1OCCN(C)C. The zero-order valence-corrected chi connectivity index (χ0v) is 12.4. The number of rotatable bonds is 8. The number of carbonyl (C=O) groups excluding carboxylic acids is 1. The van der Waals surface area contributed by atoms with E-state index in [1.807, 2.05) is 19.0 Å². The molecule has 0 unspecified atom stereocenters. The molecule has 0 saturated heterocycles. The van der Waals surface area contributed by atoms with Crippen molar-refractivity contribution in [2.24, 2.45) is 0 Å². The van der Waals surface area contributed by atoms with Gasteiger partial charge in [0.2, 0.25) is 5.91 Å². The number of nitrogen functional groups attached to an aromatic ring is 1. The minimum Gasteiger partial charge on any atom is -0.490 e. The smallest absolute Gasteiger partial charge is 0.387 e. The maximum Gasteiger partial charge on any atom is 0.387 e. The highest BCUT2D eigenvalue weighted by Gasteiger charge is 2.15. The van der Waals surface area contributed by atoms with E-state index in [4.69, 9.17) is 10.5 Å². The third-order valence-electron chi connectivity index (χ3n) is 2.57. The Balaban J connectivity index is 3.03. The average molecular weight is 315 g/mol. The van der Waals surface area contributed by atoms with Crippen molar-refractivity contribution in [2.45, 2.75) is 6.61 Å². The van der Waals surface area contributed by atoms with Gasteiger partial charge in [-0.3, -0.25) is 4.79 Å². The number of anilines is 2. The maximum absolute atomic E-state index is 12.3. The summed E-state index contributed by atoms with van der Waals surface area (Å²) in [4.78, 5) is 13.3. The standard InChI is InChI=1S/C14H19F2N3O3/c1-4-13(20)18-10-7-9(17)11(22-14(15)16)8-12(10)21-6-5-19(2)3/h4,7-8,14H,1,5-6,17H2,2-3H3,(H,18,20). The highest BCUT2D eigenvalue weighted by Crippen LogP contribution is 2.35. The molecule has 0 aromatic heterocycles. The number of benzene rings is 1. The van der Waals surface area contributed by atoms with Crippen molar-refractivity contribution in [1.82, 2.24) is 4.90 Å². The van der Waals surface area contributed by atoms with Crippen LogP contribution in [0.1, 0.15) is 0 Å². The van der Waals surface area contributed by atoms with Crippen molar-refractivity contribution in [2.75, 3.05) is 38.3 Å². The molecule has 0 radical (unpaired) electrons. The van der Waals surface area contributed by atoms with Crippen molar-refractivity contribution in [3.63, 3.8) is 0 Å². The van der Waals surface area contributed by atoms with E-state index in [1.165, 1.54) is 12.1 Å². The van der Waals surface area contributed by atoms with Crippen LogP contribution >= 0.6 is 0 Å². The van der Waals surface area contributed by atoms with Gasteiger partial charge in [0.05, 0.1) is 11.4 Å². The lowest BCUT2D eigenvalue weighted by atomic mass is 10.2. The van der Waals surface area contributed by atoms with E-state index in [9.17, 15) is 13.6 Å². The average Bonchev–Trinajstić information content (AvgIpc) is 2.42. The second kappa shape index (κ2) is 8.18. The van der Waals surface area contributed by atoms with Crippen LogP contribution in [0.15, 0.2) is 24.8 Å². The van der Waals surface area contributed by atoms with E-state index < -0.39 is 12.5 Å². The molecule has 3 N–H and O–H groups in total. The van der Waals surface area contributed by atoms with Gasteiger partial charge in [0, 0.05) is 12.6 Å². The molecule has 122 valence electrons. The Kier molecular flexibility index (Phi) is 6.58. The summed E-state index contributed by atoms with van der Waals surface area (Å²) in [7, 11) is 3.72. The van der Waals surface area contributed by atoms with Gasteiger partial charge >= 0.3 is 6.61 Å². The summed E-state index contributed by atoms with van der Waals surface area (Å²) in [5.74, 6) is -0.507. The summed E-state index contributed by atoms with van der Waals surface area (Å²) in [6.45, 7) is 1.22. The second-order valence-corrected chi connectivity index (χ2v) is 4.61. The molecule has 8 heteroatoms. The summed E-state index contributed by atoms with van der Waals surface area (Å²) in [6, 6.07) is 2.51. The largest absolute Gasteiger partial charge is 0.490 e. The molecule has 0 bridgehead atoms. The number of halogens is 2. The lowest BCUT2D eigenvalue weighted by Crippen LogP contribution is -2.20. The lowest BCUT2D eigenvalue weighted by Gasteiger charge is -2.17. The topological polar surface area (TPSA) is 76.8 Å². The molecule has 22 heavy (non-hydrogen) atoms. The van der Waals surface area contributed by atoms with Crippen molar-refractivity contribution in [1.29, 1.82) is 0 Å². The number of amides is 1. The van der Waals surface area contributed by atoms with Crippen LogP contribution in [0, 0.1) is 0 Å². The van der Waals surface area contributed by atoms with Crippen LogP contribution < -0.4 is 20.5 Å². The Morgan fingerprint density at radius 3 is 2.68 bits per heavy atom. The molecule has 6 nitrogen and oxygen atoms in total. The predicted octanol–water partition coefficient (Wildman–Crippen LogP) is 1.94. The van der Waals surface area contributed by atoms with Crippen molar-refractivity contribution in [3.8, 4) is 11.5 Å². The van der Waals surface area contributed by atoms with Crippen LogP contribution in [0.4, 0.5) is 20.2 Å². The molecular formula is C14H19F2N3O3. The van der Waals surface area contributed by atoms with Crippen molar-refractivity contribution in [3.05, 3.63) is 24.8 Å². The molecule has 0 fully saturated rings. The number of alkyl halides is 2. The van der Waals surface area contributed by atoms with E-state index in [0.29, 0.717) is 13.2 Å². The second-order valence-electron chi connectivity index (χ2n) is 4.61. The highest BCUT2D eigenvalue weighted by atomic mass is 19.3. The lowest BCUT2D eigenvalue weighted by molar-refractivity contribution is -0.111. The zero-order chi connectivity index (χ0) is 16.7. The molecule has 0 aliphatic heterocycles. The van der Waals surface area contributed by atoms with E-state index in [-0.39, 0.29) is 22.9 Å². The molecule has 0 heterocycles.